The molecule has 2 rings (SSSR count). The van der Waals surface area contributed by atoms with Crippen LogP contribution in [0, 0.1) is 0 Å². The van der Waals surface area contributed by atoms with Crippen LogP contribution in [0.4, 0.5) is 5.69 Å². The zero-order valence-electron chi connectivity index (χ0n) is 11.5. The second-order valence-corrected chi connectivity index (χ2v) is 6.94. The third-order valence-corrected chi connectivity index (χ3v) is 4.91. The van der Waals surface area contributed by atoms with Gasteiger partial charge in [-0.3, -0.25) is 0 Å². The third kappa shape index (κ3) is 4.23. The number of nitrogens with two attached hydrogens (primary N) is 1. The van der Waals surface area contributed by atoms with Crippen molar-refractivity contribution in [3.63, 3.8) is 0 Å². The summed E-state index contributed by atoms with van der Waals surface area (Å²) in [4.78, 5) is -0.000140. The molecule has 0 aliphatic heterocycles. The van der Waals surface area contributed by atoms with Crippen molar-refractivity contribution < 1.29 is 12.8 Å². The smallest absolute Gasteiger partial charge is 0.242 e. The third-order valence-electron chi connectivity index (χ3n) is 3.03. The molecule has 5 nitrogen and oxygen atoms in total. The summed E-state index contributed by atoms with van der Waals surface area (Å²) in [6, 6.07) is 7.78. The molecule has 3 N–H and O–H groups in total. The van der Waals surface area contributed by atoms with Gasteiger partial charge in [0.15, 0.2) is 0 Å². The largest absolute Gasteiger partial charge is 0.469 e. The quantitative estimate of drug-likeness (QED) is 0.798. The van der Waals surface area contributed by atoms with Crippen LogP contribution < -0.4 is 10.5 Å². The van der Waals surface area contributed by atoms with Crippen molar-refractivity contribution in [2.24, 2.45) is 0 Å². The van der Waals surface area contributed by atoms with Crippen LogP contribution in [-0.2, 0) is 16.4 Å². The van der Waals surface area contributed by atoms with Gasteiger partial charge in [0.1, 0.15) is 10.7 Å². The van der Waals surface area contributed by atoms with Gasteiger partial charge in [-0.15, -0.1) is 0 Å². The SMILES string of the molecule is CC(CCc1ccco1)NS(=O)(=O)c1cc(Cl)ccc1N. The number of benzene rings is 1. The average molecular weight is 329 g/mol. The second-order valence-electron chi connectivity index (χ2n) is 4.82. The van der Waals surface area contributed by atoms with E-state index >= 15 is 0 Å². The summed E-state index contributed by atoms with van der Waals surface area (Å²) in [5.41, 5.74) is 5.88. The van der Waals surface area contributed by atoms with E-state index in [2.05, 4.69) is 4.72 Å². The van der Waals surface area contributed by atoms with Crippen LogP contribution in [0.15, 0.2) is 45.9 Å². The van der Waals surface area contributed by atoms with Gasteiger partial charge in [-0.05, 0) is 43.7 Å². The molecule has 0 bridgehead atoms. The Morgan fingerprint density at radius 3 is 2.81 bits per heavy atom. The number of anilines is 1. The molecule has 0 amide bonds. The summed E-state index contributed by atoms with van der Waals surface area (Å²) in [6.45, 7) is 1.79. The van der Waals surface area contributed by atoms with E-state index < -0.39 is 10.0 Å². The van der Waals surface area contributed by atoms with Gasteiger partial charge in [-0.1, -0.05) is 11.6 Å². The van der Waals surface area contributed by atoms with Crippen LogP contribution in [0.1, 0.15) is 19.1 Å². The van der Waals surface area contributed by atoms with E-state index in [0.29, 0.717) is 17.9 Å². The van der Waals surface area contributed by atoms with Crippen LogP contribution in [0.25, 0.3) is 0 Å². The number of rotatable bonds is 6. The van der Waals surface area contributed by atoms with Crippen molar-refractivity contribution in [2.45, 2.75) is 30.7 Å². The summed E-state index contributed by atoms with van der Waals surface area (Å²) in [6.07, 6.45) is 2.87. The van der Waals surface area contributed by atoms with E-state index in [1.807, 2.05) is 6.07 Å². The van der Waals surface area contributed by atoms with E-state index in [1.165, 1.54) is 12.1 Å². The highest BCUT2D eigenvalue weighted by Crippen LogP contribution is 2.23. The number of sulfonamides is 1. The van der Waals surface area contributed by atoms with E-state index in [-0.39, 0.29) is 16.6 Å². The van der Waals surface area contributed by atoms with Crippen LogP contribution in [0.3, 0.4) is 0 Å². The van der Waals surface area contributed by atoms with E-state index in [4.69, 9.17) is 21.8 Å². The molecule has 1 heterocycles. The maximum Gasteiger partial charge on any atom is 0.242 e. The lowest BCUT2D eigenvalue weighted by atomic mass is 10.2. The molecule has 1 aromatic heterocycles. The number of hydrogen-bond acceptors (Lipinski definition) is 4. The Labute approximate surface area is 129 Å². The van der Waals surface area contributed by atoms with Gasteiger partial charge in [0.2, 0.25) is 10.0 Å². The highest BCUT2D eigenvalue weighted by molar-refractivity contribution is 7.89. The van der Waals surface area contributed by atoms with Crippen molar-refractivity contribution >= 4 is 27.3 Å². The molecule has 2 aromatic rings. The van der Waals surface area contributed by atoms with Gasteiger partial charge in [0, 0.05) is 17.5 Å². The lowest BCUT2D eigenvalue weighted by Crippen LogP contribution is -2.33. The molecule has 0 saturated heterocycles. The molecule has 1 atom stereocenters. The van der Waals surface area contributed by atoms with Gasteiger partial charge < -0.3 is 10.2 Å². The van der Waals surface area contributed by atoms with Gasteiger partial charge in [-0.2, -0.15) is 0 Å². The monoisotopic (exact) mass is 328 g/mol. The topological polar surface area (TPSA) is 85.3 Å². The standard InChI is InChI=1S/C14H17ClN2O3S/c1-10(4-6-12-3-2-8-20-12)17-21(18,19)14-9-11(15)5-7-13(14)16/h2-3,5,7-10,17H,4,6,16H2,1H3. The maximum atomic E-state index is 12.3. The number of nitrogens with one attached hydrogen (secondary N) is 1. The average Bonchev–Trinajstić information content (AvgIpc) is 2.92. The molecule has 0 aliphatic carbocycles. The molecule has 21 heavy (non-hydrogen) atoms. The highest BCUT2D eigenvalue weighted by atomic mass is 35.5. The second kappa shape index (κ2) is 6.51. The fourth-order valence-corrected chi connectivity index (χ4v) is 3.61. The van der Waals surface area contributed by atoms with Crippen LogP contribution in [0.2, 0.25) is 5.02 Å². The summed E-state index contributed by atoms with van der Waals surface area (Å²) in [5, 5.41) is 0.327. The first kappa shape index (κ1) is 15.9. The first-order valence-electron chi connectivity index (χ1n) is 6.48. The summed E-state index contributed by atoms with van der Waals surface area (Å²) < 4.78 is 32.4. The Morgan fingerprint density at radius 1 is 1.38 bits per heavy atom. The molecule has 0 aliphatic rings. The normalized spacial score (nSPS) is 13.2. The number of nitrogen functional groups attached to an aromatic ring is 1. The maximum absolute atomic E-state index is 12.3. The lowest BCUT2D eigenvalue weighted by Gasteiger charge is -2.15. The Bertz CT molecular complexity index is 699. The first-order chi connectivity index (χ1) is 9.88. The molecule has 0 fully saturated rings. The summed E-state index contributed by atoms with van der Waals surface area (Å²) >= 11 is 5.83. The van der Waals surface area contributed by atoms with Crippen molar-refractivity contribution in [3.8, 4) is 0 Å². The predicted octanol–water partition coefficient (Wildman–Crippen LogP) is 2.81. The molecular weight excluding hydrogens is 312 g/mol. The fourth-order valence-electron chi connectivity index (χ4n) is 1.94. The molecule has 1 aromatic carbocycles. The van der Waals surface area contributed by atoms with Gasteiger partial charge in [-0.25, -0.2) is 13.1 Å². The minimum absolute atomic E-state index is 0.000140. The number of furan rings is 1. The van der Waals surface area contributed by atoms with Crippen LogP contribution >= 0.6 is 11.6 Å². The molecule has 1 unspecified atom stereocenters. The molecular formula is C14H17ClN2O3S. The number of halogens is 1. The molecule has 0 saturated carbocycles. The number of aryl methyl sites for hydroxylation is 1. The minimum atomic E-state index is -3.69. The summed E-state index contributed by atoms with van der Waals surface area (Å²) in [5.74, 6) is 0.823. The van der Waals surface area contributed by atoms with Crippen molar-refractivity contribution in [3.05, 3.63) is 47.4 Å². The van der Waals surface area contributed by atoms with Gasteiger partial charge in [0.05, 0.1) is 12.0 Å². The van der Waals surface area contributed by atoms with E-state index in [9.17, 15) is 8.42 Å². The zero-order chi connectivity index (χ0) is 15.5. The predicted molar refractivity (Wildman–Crippen MR) is 82.7 cm³/mol. The van der Waals surface area contributed by atoms with E-state index in [1.54, 1.807) is 25.3 Å². The number of hydrogen-bond donors (Lipinski definition) is 2. The van der Waals surface area contributed by atoms with Crippen molar-refractivity contribution in [1.29, 1.82) is 0 Å². The van der Waals surface area contributed by atoms with Gasteiger partial charge in [0.25, 0.3) is 0 Å². The lowest BCUT2D eigenvalue weighted by molar-refractivity contribution is 0.480. The first-order valence-corrected chi connectivity index (χ1v) is 8.34. The van der Waals surface area contributed by atoms with Crippen LogP contribution in [0.5, 0.6) is 0 Å². The molecule has 0 radical (unpaired) electrons. The van der Waals surface area contributed by atoms with Crippen LogP contribution in [-0.4, -0.2) is 14.5 Å². The Balaban J connectivity index is 2.04. The molecule has 0 spiro atoms. The minimum Gasteiger partial charge on any atom is -0.469 e. The Morgan fingerprint density at radius 2 is 2.14 bits per heavy atom. The van der Waals surface area contributed by atoms with Crippen molar-refractivity contribution in [1.82, 2.24) is 4.72 Å². The Hall–Kier alpha value is -1.50. The summed E-state index contributed by atoms with van der Waals surface area (Å²) in [7, 11) is -3.69. The van der Waals surface area contributed by atoms with Gasteiger partial charge >= 0.3 is 0 Å². The molecule has 114 valence electrons. The Kier molecular flexibility index (Phi) is 4.92. The van der Waals surface area contributed by atoms with Crippen molar-refractivity contribution in [2.75, 3.05) is 5.73 Å². The zero-order valence-corrected chi connectivity index (χ0v) is 13.1. The fraction of sp³-hybridized carbons (Fsp3) is 0.286. The van der Waals surface area contributed by atoms with E-state index in [0.717, 1.165) is 5.76 Å². The molecule has 7 heteroatoms. The highest BCUT2D eigenvalue weighted by Gasteiger charge is 2.20.